The number of aryl methyl sites for hydroxylation is 1. The monoisotopic (exact) mass is 254 g/mol. The maximum absolute atomic E-state index is 9.80. The van der Waals surface area contributed by atoms with Gasteiger partial charge in [0.05, 0.1) is 17.3 Å². The molecule has 1 aliphatic rings. The van der Waals surface area contributed by atoms with Gasteiger partial charge in [-0.1, -0.05) is 30.3 Å². The zero-order valence-electron chi connectivity index (χ0n) is 10.6. The molecule has 2 aromatic rings. The van der Waals surface area contributed by atoms with E-state index >= 15 is 0 Å². The number of H-pyrrole nitrogens is 1. The van der Waals surface area contributed by atoms with Crippen molar-refractivity contribution in [2.45, 2.75) is 25.0 Å². The van der Waals surface area contributed by atoms with Gasteiger partial charge in [0.2, 0.25) is 5.88 Å². The number of fused-ring (bicyclic) bond motifs is 1. The van der Waals surface area contributed by atoms with Crippen molar-refractivity contribution in [2.24, 2.45) is 5.73 Å². The second kappa shape index (κ2) is 4.11. The lowest BCUT2D eigenvalue weighted by Crippen LogP contribution is -2.42. The SMILES string of the molecule is Cc1n[nH]c2c1C(C#N)(c1ccccc1)CC(N)O2. The van der Waals surface area contributed by atoms with Gasteiger partial charge in [0.25, 0.3) is 0 Å². The Morgan fingerprint density at radius 3 is 2.89 bits per heavy atom. The highest BCUT2D eigenvalue weighted by atomic mass is 16.5. The van der Waals surface area contributed by atoms with Crippen molar-refractivity contribution in [3.8, 4) is 11.9 Å². The van der Waals surface area contributed by atoms with Crippen LogP contribution in [0.4, 0.5) is 0 Å². The lowest BCUT2D eigenvalue weighted by Gasteiger charge is -2.34. The molecule has 5 nitrogen and oxygen atoms in total. The van der Waals surface area contributed by atoms with E-state index in [0.29, 0.717) is 12.3 Å². The highest BCUT2D eigenvalue weighted by Gasteiger charge is 2.45. The number of nitrogens with one attached hydrogen (secondary N) is 1. The van der Waals surface area contributed by atoms with Crippen LogP contribution in [0, 0.1) is 18.3 Å². The van der Waals surface area contributed by atoms with E-state index in [-0.39, 0.29) is 0 Å². The molecule has 0 amide bonds. The van der Waals surface area contributed by atoms with Crippen LogP contribution in [-0.4, -0.2) is 16.4 Å². The molecule has 2 heterocycles. The molecule has 19 heavy (non-hydrogen) atoms. The minimum atomic E-state index is -0.800. The predicted molar refractivity (Wildman–Crippen MR) is 69.4 cm³/mol. The van der Waals surface area contributed by atoms with Crippen molar-refractivity contribution >= 4 is 0 Å². The second-order valence-corrected chi connectivity index (χ2v) is 4.76. The van der Waals surface area contributed by atoms with Crippen LogP contribution >= 0.6 is 0 Å². The Labute approximate surface area is 111 Å². The van der Waals surface area contributed by atoms with Gasteiger partial charge < -0.3 is 4.74 Å². The van der Waals surface area contributed by atoms with Crippen molar-refractivity contribution in [3.63, 3.8) is 0 Å². The Kier molecular flexibility index (Phi) is 2.54. The van der Waals surface area contributed by atoms with Gasteiger partial charge in [-0.3, -0.25) is 5.73 Å². The van der Waals surface area contributed by atoms with Gasteiger partial charge in [0.15, 0.2) is 6.23 Å². The molecule has 96 valence electrons. The summed E-state index contributed by atoms with van der Waals surface area (Å²) in [6.45, 7) is 1.87. The predicted octanol–water partition coefficient (Wildman–Crippen LogP) is 1.60. The quantitative estimate of drug-likeness (QED) is 0.809. The molecule has 2 unspecified atom stereocenters. The lowest BCUT2D eigenvalue weighted by molar-refractivity contribution is 0.150. The minimum absolute atomic E-state index is 0.418. The zero-order valence-corrected chi connectivity index (χ0v) is 10.6. The van der Waals surface area contributed by atoms with Crippen molar-refractivity contribution in [1.82, 2.24) is 10.2 Å². The van der Waals surface area contributed by atoms with E-state index < -0.39 is 11.6 Å². The summed E-state index contributed by atoms with van der Waals surface area (Å²) < 4.78 is 5.54. The van der Waals surface area contributed by atoms with Gasteiger partial charge in [-0.05, 0) is 12.5 Å². The first-order valence-corrected chi connectivity index (χ1v) is 6.12. The molecule has 5 heteroatoms. The third-order valence-corrected chi connectivity index (χ3v) is 3.57. The van der Waals surface area contributed by atoms with Crippen LogP contribution in [0.1, 0.15) is 23.2 Å². The number of benzene rings is 1. The number of ether oxygens (including phenoxy) is 1. The van der Waals surface area contributed by atoms with Crippen LogP contribution in [0.25, 0.3) is 0 Å². The highest BCUT2D eigenvalue weighted by molar-refractivity contribution is 5.53. The summed E-state index contributed by atoms with van der Waals surface area (Å²) in [4.78, 5) is 0. The third kappa shape index (κ3) is 1.61. The average molecular weight is 254 g/mol. The molecule has 3 N–H and O–H groups in total. The zero-order chi connectivity index (χ0) is 13.5. The summed E-state index contributed by atoms with van der Waals surface area (Å²) >= 11 is 0. The molecule has 0 saturated heterocycles. The van der Waals surface area contributed by atoms with Crippen LogP contribution in [-0.2, 0) is 5.41 Å². The Morgan fingerprint density at radius 1 is 1.47 bits per heavy atom. The van der Waals surface area contributed by atoms with Crippen LogP contribution in [0.5, 0.6) is 5.88 Å². The molecule has 2 atom stereocenters. The van der Waals surface area contributed by atoms with Gasteiger partial charge >= 0.3 is 0 Å². The fourth-order valence-corrected chi connectivity index (χ4v) is 2.75. The Bertz CT molecular complexity index is 643. The van der Waals surface area contributed by atoms with Gasteiger partial charge in [0, 0.05) is 6.42 Å². The lowest BCUT2D eigenvalue weighted by atomic mass is 9.71. The Morgan fingerprint density at radius 2 is 2.21 bits per heavy atom. The molecule has 0 fully saturated rings. The van der Waals surface area contributed by atoms with Crippen molar-refractivity contribution in [2.75, 3.05) is 0 Å². The summed E-state index contributed by atoms with van der Waals surface area (Å²) in [5.74, 6) is 0.502. The van der Waals surface area contributed by atoms with Gasteiger partial charge in [-0.15, -0.1) is 0 Å². The van der Waals surface area contributed by atoms with Crippen molar-refractivity contribution in [1.29, 1.82) is 5.26 Å². The number of nitrogens with zero attached hydrogens (tertiary/aromatic N) is 2. The van der Waals surface area contributed by atoms with Gasteiger partial charge in [0.1, 0.15) is 5.41 Å². The van der Waals surface area contributed by atoms with E-state index in [1.54, 1.807) is 0 Å². The maximum atomic E-state index is 9.80. The fraction of sp³-hybridized carbons (Fsp3) is 0.286. The first-order chi connectivity index (χ1) is 9.17. The summed E-state index contributed by atoms with van der Waals surface area (Å²) in [6, 6.07) is 12.1. The number of nitriles is 1. The molecule has 1 aromatic heterocycles. The summed E-state index contributed by atoms with van der Waals surface area (Å²) in [5.41, 5.74) is 7.61. The third-order valence-electron chi connectivity index (χ3n) is 3.57. The summed E-state index contributed by atoms with van der Waals surface area (Å²) in [5, 5.41) is 16.8. The van der Waals surface area contributed by atoms with Crippen LogP contribution in [0.15, 0.2) is 30.3 Å². The molecule has 0 bridgehead atoms. The number of aromatic amines is 1. The fourth-order valence-electron chi connectivity index (χ4n) is 2.75. The second-order valence-electron chi connectivity index (χ2n) is 4.76. The van der Waals surface area contributed by atoms with Crippen molar-refractivity contribution in [3.05, 3.63) is 47.2 Å². The van der Waals surface area contributed by atoms with E-state index in [2.05, 4.69) is 16.3 Å². The van der Waals surface area contributed by atoms with Crippen LogP contribution < -0.4 is 10.5 Å². The Balaban J connectivity index is 2.27. The van der Waals surface area contributed by atoms with Crippen LogP contribution in [0.3, 0.4) is 0 Å². The molecule has 0 saturated carbocycles. The molecule has 0 aliphatic carbocycles. The molecule has 0 radical (unpaired) electrons. The Hall–Kier alpha value is -2.32. The van der Waals surface area contributed by atoms with E-state index in [4.69, 9.17) is 10.5 Å². The number of aromatic nitrogens is 2. The summed E-state index contributed by atoms with van der Waals surface area (Å²) in [6.07, 6.45) is -0.104. The number of rotatable bonds is 1. The molecule has 0 spiro atoms. The van der Waals surface area contributed by atoms with E-state index in [1.165, 1.54) is 0 Å². The van der Waals surface area contributed by atoms with Gasteiger partial charge in [-0.2, -0.15) is 10.4 Å². The number of nitrogens with two attached hydrogens (primary N) is 1. The van der Waals surface area contributed by atoms with Crippen LogP contribution in [0.2, 0.25) is 0 Å². The minimum Gasteiger partial charge on any atom is -0.459 e. The first-order valence-electron chi connectivity index (χ1n) is 6.12. The topological polar surface area (TPSA) is 87.7 Å². The molecule has 1 aliphatic heterocycles. The van der Waals surface area contributed by atoms with E-state index in [1.807, 2.05) is 37.3 Å². The average Bonchev–Trinajstić information content (AvgIpc) is 2.80. The van der Waals surface area contributed by atoms with Gasteiger partial charge in [-0.25, -0.2) is 5.10 Å². The highest BCUT2D eigenvalue weighted by Crippen LogP contribution is 2.44. The molecular formula is C14H14N4O. The number of hydrogen-bond donors (Lipinski definition) is 2. The smallest absolute Gasteiger partial charge is 0.216 e. The number of hydrogen-bond acceptors (Lipinski definition) is 4. The largest absolute Gasteiger partial charge is 0.459 e. The van der Waals surface area contributed by atoms with E-state index in [0.717, 1.165) is 16.8 Å². The molecule has 3 rings (SSSR count). The summed E-state index contributed by atoms with van der Waals surface area (Å²) in [7, 11) is 0. The van der Waals surface area contributed by atoms with Crippen molar-refractivity contribution < 1.29 is 4.74 Å². The standard InChI is InChI=1S/C14H14N4O/c1-9-12-13(18-17-9)19-11(16)7-14(12,8-15)10-5-3-2-4-6-10/h2-6,11H,7,16H2,1H3,(H,17,18). The molecular weight excluding hydrogens is 240 g/mol. The maximum Gasteiger partial charge on any atom is 0.216 e. The molecule has 1 aromatic carbocycles. The normalized spacial score (nSPS) is 25.2. The van der Waals surface area contributed by atoms with E-state index in [9.17, 15) is 5.26 Å². The first kappa shape index (κ1) is 11.8.